The molecule has 2 aromatic carbocycles. The van der Waals surface area contributed by atoms with Crippen molar-refractivity contribution in [3.05, 3.63) is 94.5 Å². The maximum atomic E-state index is 14.4. The minimum Gasteiger partial charge on any atom is -0.370 e. The molecule has 0 saturated heterocycles. The zero-order valence-corrected chi connectivity index (χ0v) is 19.1. The number of Topliss-reactive ketones (excluding diaryl/α,β-unsaturated/α-hetero) is 1. The first-order valence-corrected chi connectivity index (χ1v) is 10.9. The molecule has 2 aromatic rings. The normalized spacial score (nSPS) is 19.0. The van der Waals surface area contributed by atoms with Gasteiger partial charge in [-0.15, -0.1) is 5.73 Å². The van der Waals surface area contributed by atoms with E-state index in [2.05, 4.69) is 43.3 Å². The number of carbonyl (C=O) groups is 1. The van der Waals surface area contributed by atoms with Gasteiger partial charge in [-0.3, -0.25) is 4.79 Å². The Balaban J connectivity index is 1.98. The van der Waals surface area contributed by atoms with Crippen molar-refractivity contribution in [2.75, 3.05) is 18.5 Å². The third kappa shape index (κ3) is 4.73. The minimum absolute atomic E-state index is 0.0955. The molecular weight excluding hydrogens is 385 g/mol. The number of ketones is 1. The Hall–Kier alpha value is -2.90. The Labute approximate surface area is 185 Å². The molecule has 0 heterocycles. The van der Waals surface area contributed by atoms with Crippen LogP contribution in [0.2, 0.25) is 0 Å². The molecule has 0 spiro atoms. The quantitative estimate of drug-likeness (QED) is 0.493. The highest BCUT2D eigenvalue weighted by Crippen LogP contribution is 2.41. The van der Waals surface area contributed by atoms with Gasteiger partial charge in [0.1, 0.15) is 11.6 Å². The topological polar surface area (TPSA) is 20.3 Å². The van der Waals surface area contributed by atoms with Crippen molar-refractivity contribution in [2.24, 2.45) is 0 Å². The maximum absolute atomic E-state index is 14.4. The lowest BCUT2D eigenvalue weighted by Crippen LogP contribution is -2.36. The van der Waals surface area contributed by atoms with E-state index >= 15 is 0 Å². The van der Waals surface area contributed by atoms with Crippen molar-refractivity contribution in [1.29, 1.82) is 0 Å². The molecule has 0 bridgehead atoms. The summed E-state index contributed by atoms with van der Waals surface area (Å²) in [6.07, 6.45) is 4.55. The Morgan fingerprint density at radius 1 is 1.16 bits per heavy atom. The number of carbonyl (C=O) groups excluding carboxylic acids is 1. The van der Waals surface area contributed by atoms with Crippen LogP contribution in [0.3, 0.4) is 0 Å². The first kappa shape index (κ1) is 22.8. The van der Waals surface area contributed by atoms with E-state index < -0.39 is 5.41 Å². The first-order valence-electron chi connectivity index (χ1n) is 10.9. The fourth-order valence-corrected chi connectivity index (χ4v) is 4.76. The third-order valence-corrected chi connectivity index (χ3v) is 6.67. The monoisotopic (exact) mass is 417 g/mol. The summed E-state index contributed by atoms with van der Waals surface area (Å²) in [5.74, 6) is -0.159. The fourth-order valence-electron chi connectivity index (χ4n) is 4.76. The molecule has 0 saturated carbocycles. The third-order valence-electron chi connectivity index (χ3n) is 6.67. The van der Waals surface area contributed by atoms with E-state index in [4.69, 9.17) is 0 Å². The number of hydrogen-bond donors (Lipinski definition) is 0. The molecule has 0 aromatic heterocycles. The van der Waals surface area contributed by atoms with Crippen LogP contribution < -0.4 is 4.90 Å². The van der Waals surface area contributed by atoms with Gasteiger partial charge in [0, 0.05) is 19.3 Å². The Kier molecular flexibility index (Phi) is 6.97. The summed E-state index contributed by atoms with van der Waals surface area (Å²) < 4.78 is 14.4. The average Bonchev–Trinajstić information content (AvgIpc) is 2.73. The van der Waals surface area contributed by atoms with Crippen LogP contribution in [0.25, 0.3) is 0 Å². The van der Waals surface area contributed by atoms with Crippen LogP contribution in [0.1, 0.15) is 49.3 Å². The van der Waals surface area contributed by atoms with Gasteiger partial charge < -0.3 is 4.90 Å². The van der Waals surface area contributed by atoms with Crippen LogP contribution in [-0.2, 0) is 10.2 Å². The number of benzene rings is 2. The Morgan fingerprint density at radius 2 is 1.87 bits per heavy atom. The van der Waals surface area contributed by atoms with Crippen LogP contribution in [0.5, 0.6) is 0 Å². The van der Waals surface area contributed by atoms with Gasteiger partial charge in [0.2, 0.25) is 0 Å². The van der Waals surface area contributed by atoms with Gasteiger partial charge in [0.05, 0.1) is 5.41 Å². The summed E-state index contributed by atoms with van der Waals surface area (Å²) in [7, 11) is 2.08. The van der Waals surface area contributed by atoms with Crippen molar-refractivity contribution < 1.29 is 9.18 Å². The molecular formula is C28H32FNO. The van der Waals surface area contributed by atoms with Crippen molar-refractivity contribution in [3.8, 4) is 0 Å². The number of aryl methyl sites for hydroxylation is 1. The average molecular weight is 418 g/mol. The molecule has 1 unspecified atom stereocenters. The van der Waals surface area contributed by atoms with E-state index in [1.165, 1.54) is 17.3 Å². The highest BCUT2D eigenvalue weighted by Gasteiger charge is 2.39. The van der Waals surface area contributed by atoms with Gasteiger partial charge >= 0.3 is 0 Å². The number of hydrogen-bond acceptors (Lipinski definition) is 2. The minimum atomic E-state index is -0.699. The summed E-state index contributed by atoms with van der Waals surface area (Å²) in [4.78, 5) is 15.3. The van der Waals surface area contributed by atoms with E-state index in [-0.39, 0.29) is 11.6 Å². The van der Waals surface area contributed by atoms with Crippen LogP contribution in [0, 0.1) is 19.7 Å². The second-order valence-electron chi connectivity index (χ2n) is 8.65. The van der Waals surface area contributed by atoms with Gasteiger partial charge in [-0.1, -0.05) is 43.0 Å². The van der Waals surface area contributed by atoms with Gasteiger partial charge in [0.25, 0.3) is 0 Å². The van der Waals surface area contributed by atoms with Crippen LogP contribution in [-0.4, -0.2) is 19.4 Å². The largest absolute Gasteiger partial charge is 0.370 e. The van der Waals surface area contributed by atoms with E-state index in [1.54, 1.807) is 19.9 Å². The SMILES string of the molecule is C=CC1=C=C(CN(C)c2ccccc2C)CCC(C(C)=O)(c2cccc(F)c2C)CC1. The Morgan fingerprint density at radius 3 is 2.55 bits per heavy atom. The second kappa shape index (κ2) is 9.49. The molecule has 1 aliphatic carbocycles. The Bertz CT molecular complexity index is 1060. The summed E-state index contributed by atoms with van der Waals surface area (Å²) >= 11 is 0. The van der Waals surface area contributed by atoms with E-state index in [1.807, 2.05) is 24.3 Å². The van der Waals surface area contributed by atoms with Crippen LogP contribution in [0.15, 0.2) is 72.0 Å². The van der Waals surface area contributed by atoms with Gasteiger partial charge in [-0.2, -0.15) is 0 Å². The highest BCUT2D eigenvalue weighted by atomic mass is 19.1. The van der Waals surface area contributed by atoms with Gasteiger partial charge in [-0.05, 0) is 86.4 Å². The predicted molar refractivity (Wildman–Crippen MR) is 127 cm³/mol. The standard InChI is InChI=1S/C28H32FNO/c1-6-23-14-16-28(22(4)31,25-11-9-12-26(29)21(25)3)17-15-24(18-23)19-30(5)27-13-8-7-10-20(27)2/h6-13H,1,14-17,19H2,2-5H3. The van der Waals surface area contributed by atoms with Crippen LogP contribution in [0.4, 0.5) is 10.1 Å². The lowest BCUT2D eigenvalue weighted by molar-refractivity contribution is -0.123. The number of anilines is 1. The molecule has 31 heavy (non-hydrogen) atoms. The first-order chi connectivity index (χ1) is 14.8. The molecule has 0 amide bonds. The molecule has 0 aliphatic heterocycles. The molecule has 162 valence electrons. The zero-order valence-electron chi connectivity index (χ0n) is 19.1. The van der Waals surface area contributed by atoms with Crippen molar-refractivity contribution >= 4 is 11.5 Å². The summed E-state index contributed by atoms with van der Waals surface area (Å²) in [6.45, 7) is 10.2. The highest BCUT2D eigenvalue weighted by molar-refractivity contribution is 5.88. The zero-order chi connectivity index (χ0) is 22.6. The number of nitrogens with zero attached hydrogens (tertiary/aromatic N) is 1. The number of halogens is 1. The molecule has 2 nitrogen and oxygen atoms in total. The number of para-hydroxylation sites is 1. The van der Waals surface area contributed by atoms with Crippen molar-refractivity contribution in [1.82, 2.24) is 0 Å². The number of rotatable bonds is 6. The van der Waals surface area contributed by atoms with Crippen molar-refractivity contribution in [3.63, 3.8) is 0 Å². The van der Waals surface area contributed by atoms with E-state index in [9.17, 15) is 9.18 Å². The summed E-state index contributed by atoms with van der Waals surface area (Å²) in [6, 6.07) is 13.4. The van der Waals surface area contributed by atoms with Gasteiger partial charge in [0.15, 0.2) is 0 Å². The number of likely N-dealkylation sites (N-methyl/N-ethyl adjacent to an activating group) is 1. The van der Waals surface area contributed by atoms with Crippen LogP contribution >= 0.6 is 0 Å². The molecule has 0 radical (unpaired) electrons. The maximum Gasteiger partial charge on any atom is 0.140 e. The van der Waals surface area contributed by atoms with E-state index in [0.717, 1.165) is 29.7 Å². The molecule has 0 fully saturated rings. The smallest absolute Gasteiger partial charge is 0.140 e. The fraction of sp³-hybridized carbons (Fsp3) is 0.357. The molecule has 1 atom stereocenters. The predicted octanol–water partition coefficient (Wildman–Crippen LogP) is 6.62. The second-order valence-corrected chi connectivity index (χ2v) is 8.65. The molecule has 3 rings (SSSR count). The van der Waals surface area contributed by atoms with E-state index in [0.29, 0.717) is 24.8 Å². The lowest BCUT2D eigenvalue weighted by Gasteiger charge is -2.35. The summed E-state index contributed by atoms with van der Waals surface area (Å²) in [5.41, 5.74) is 8.80. The molecule has 0 N–H and O–H groups in total. The molecule has 3 heteroatoms. The van der Waals surface area contributed by atoms with Crippen molar-refractivity contribution in [2.45, 2.75) is 51.9 Å². The summed E-state index contributed by atoms with van der Waals surface area (Å²) in [5, 5.41) is 0. The van der Waals surface area contributed by atoms with Gasteiger partial charge in [-0.25, -0.2) is 4.39 Å². The number of allylic oxidation sites excluding steroid dienone is 1. The molecule has 1 aliphatic rings. The lowest BCUT2D eigenvalue weighted by atomic mass is 9.67.